The number of benzene rings is 2. The van der Waals surface area contributed by atoms with Crippen molar-refractivity contribution in [3.63, 3.8) is 0 Å². The summed E-state index contributed by atoms with van der Waals surface area (Å²) >= 11 is -0.235. The van der Waals surface area contributed by atoms with Crippen LogP contribution in [0.5, 0.6) is 0 Å². The zero-order valence-corrected chi connectivity index (χ0v) is 15.8. The number of hydrogen-bond acceptors (Lipinski definition) is 3. The van der Waals surface area contributed by atoms with E-state index in [0.717, 1.165) is 19.3 Å². The number of likely N-dealkylation sites (tertiary alicyclic amines) is 1. The number of amides is 2. The second-order valence-electron chi connectivity index (χ2n) is 6.42. The van der Waals surface area contributed by atoms with E-state index in [0.29, 0.717) is 24.3 Å². The fourth-order valence-corrected chi connectivity index (χ4v) is 3.59. The van der Waals surface area contributed by atoms with E-state index in [4.69, 9.17) is 0 Å². The van der Waals surface area contributed by atoms with Gasteiger partial charge in [0, 0.05) is 23.5 Å². The molecule has 28 heavy (non-hydrogen) atoms. The largest absolute Gasteiger partial charge is 0.446 e. The highest BCUT2D eigenvalue weighted by Gasteiger charge is 2.29. The molecule has 1 aliphatic rings. The first-order chi connectivity index (χ1) is 13.3. The van der Waals surface area contributed by atoms with Crippen LogP contribution in [-0.2, 0) is 0 Å². The first-order valence-corrected chi connectivity index (χ1v) is 9.70. The van der Waals surface area contributed by atoms with Crippen LogP contribution in [0.2, 0.25) is 0 Å². The van der Waals surface area contributed by atoms with E-state index in [1.165, 1.54) is 24.3 Å². The third-order valence-corrected chi connectivity index (χ3v) is 5.14. The Morgan fingerprint density at radius 1 is 0.929 bits per heavy atom. The number of thioether (sulfide) groups is 1. The van der Waals surface area contributed by atoms with Crippen molar-refractivity contribution in [1.29, 1.82) is 0 Å². The molecule has 148 valence electrons. The van der Waals surface area contributed by atoms with E-state index < -0.39 is 11.4 Å². The molecule has 0 unspecified atom stereocenters. The number of rotatable bonds is 4. The molecule has 1 heterocycles. The Bertz CT molecular complexity index is 847. The number of nitrogens with one attached hydrogen (secondary N) is 1. The van der Waals surface area contributed by atoms with Crippen molar-refractivity contribution in [2.24, 2.45) is 0 Å². The monoisotopic (exact) mass is 408 g/mol. The standard InChI is InChI=1S/C20H19F3N2O2S/c21-20(22,23)28-15-10-8-14(9-11-15)18(26)24-17-7-3-2-6-16(17)19(27)25-12-4-1-5-13-25/h2-3,6-11H,1,4-5,12-13H2,(H,24,26). The number of hydrogen-bond donors (Lipinski definition) is 1. The van der Waals surface area contributed by atoms with Gasteiger partial charge >= 0.3 is 5.51 Å². The summed E-state index contributed by atoms with van der Waals surface area (Å²) in [5.74, 6) is -0.616. The molecule has 0 bridgehead atoms. The number of anilines is 1. The Morgan fingerprint density at radius 3 is 2.21 bits per heavy atom. The van der Waals surface area contributed by atoms with Crippen LogP contribution < -0.4 is 5.32 Å². The summed E-state index contributed by atoms with van der Waals surface area (Å²) in [5, 5.41) is 2.70. The lowest BCUT2D eigenvalue weighted by Crippen LogP contribution is -2.36. The number of carbonyl (C=O) groups excluding carboxylic acids is 2. The van der Waals surface area contributed by atoms with Crippen LogP contribution in [0.4, 0.5) is 18.9 Å². The van der Waals surface area contributed by atoms with Crippen LogP contribution in [0, 0.1) is 0 Å². The highest BCUT2D eigenvalue weighted by molar-refractivity contribution is 8.00. The first kappa shape index (κ1) is 20.3. The molecule has 2 amide bonds. The predicted molar refractivity (Wildman–Crippen MR) is 103 cm³/mol. The summed E-state index contributed by atoms with van der Waals surface area (Å²) in [4.78, 5) is 27.1. The SMILES string of the molecule is O=C(Nc1ccccc1C(=O)N1CCCCC1)c1ccc(SC(F)(F)F)cc1. The second-order valence-corrected chi connectivity index (χ2v) is 7.56. The molecule has 4 nitrogen and oxygen atoms in total. The minimum atomic E-state index is -4.38. The highest BCUT2D eigenvalue weighted by Crippen LogP contribution is 2.36. The molecule has 1 saturated heterocycles. The summed E-state index contributed by atoms with van der Waals surface area (Å²) in [7, 11) is 0. The van der Waals surface area contributed by atoms with Gasteiger partial charge in [-0.15, -0.1) is 0 Å². The first-order valence-electron chi connectivity index (χ1n) is 8.89. The molecule has 2 aromatic carbocycles. The van der Waals surface area contributed by atoms with Crippen molar-refractivity contribution >= 4 is 29.3 Å². The van der Waals surface area contributed by atoms with Crippen LogP contribution in [0.1, 0.15) is 40.0 Å². The minimum Gasteiger partial charge on any atom is -0.339 e. The van der Waals surface area contributed by atoms with Gasteiger partial charge in [-0.05, 0) is 67.4 Å². The molecule has 1 fully saturated rings. The third kappa shape index (κ3) is 5.28. The van der Waals surface area contributed by atoms with Gasteiger partial charge in [0.2, 0.25) is 0 Å². The number of para-hydroxylation sites is 1. The summed E-state index contributed by atoms with van der Waals surface area (Å²) in [6.07, 6.45) is 3.02. The maximum Gasteiger partial charge on any atom is 0.446 e. The van der Waals surface area contributed by atoms with E-state index >= 15 is 0 Å². The summed E-state index contributed by atoms with van der Waals surface area (Å²) in [6.45, 7) is 1.39. The van der Waals surface area contributed by atoms with Crippen LogP contribution in [0.25, 0.3) is 0 Å². The van der Waals surface area contributed by atoms with E-state index in [1.54, 1.807) is 29.2 Å². The van der Waals surface area contributed by atoms with Crippen molar-refractivity contribution in [2.75, 3.05) is 18.4 Å². The molecule has 1 aliphatic heterocycles. The van der Waals surface area contributed by atoms with Gasteiger partial charge in [-0.2, -0.15) is 13.2 Å². The van der Waals surface area contributed by atoms with Crippen molar-refractivity contribution in [1.82, 2.24) is 4.90 Å². The topological polar surface area (TPSA) is 49.4 Å². The Kier molecular flexibility index (Phi) is 6.28. The fraction of sp³-hybridized carbons (Fsp3) is 0.300. The second kappa shape index (κ2) is 8.68. The smallest absolute Gasteiger partial charge is 0.339 e. The lowest BCUT2D eigenvalue weighted by Gasteiger charge is -2.27. The van der Waals surface area contributed by atoms with Gasteiger partial charge < -0.3 is 10.2 Å². The average Bonchev–Trinajstić information content (AvgIpc) is 2.68. The van der Waals surface area contributed by atoms with Gasteiger partial charge in [-0.1, -0.05) is 12.1 Å². The van der Waals surface area contributed by atoms with Crippen molar-refractivity contribution < 1.29 is 22.8 Å². The summed E-state index contributed by atoms with van der Waals surface area (Å²) in [6, 6.07) is 11.9. The zero-order valence-electron chi connectivity index (χ0n) is 15.0. The van der Waals surface area contributed by atoms with Gasteiger partial charge in [0.15, 0.2) is 0 Å². The van der Waals surface area contributed by atoms with Gasteiger partial charge in [0.05, 0.1) is 11.3 Å². The maximum absolute atomic E-state index is 12.8. The van der Waals surface area contributed by atoms with Crippen LogP contribution >= 0.6 is 11.8 Å². The minimum absolute atomic E-state index is 0.00438. The third-order valence-electron chi connectivity index (χ3n) is 4.40. The van der Waals surface area contributed by atoms with Gasteiger partial charge in [0.25, 0.3) is 11.8 Å². The molecule has 0 spiro atoms. The Labute approximate surface area is 165 Å². The summed E-state index contributed by atoms with van der Waals surface area (Å²) < 4.78 is 37.2. The molecular weight excluding hydrogens is 389 g/mol. The molecule has 0 saturated carbocycles. The number of carbonyl (C=O) groups is 2. The number of halogens is 3. The van der Waals surface area contributed by atoms with Gasteiger partial charge in [-0.3, -0.25) is 9.59 Å². The maximum atomic E-state index is 12.8. The van der Waals surface area contributed by atoms with Crippen LogP contribution in [0.3, 0.4) is 0 Å². The number of piperidine rings is 1. The quantitative estimate of drug-likeness (QED) is 0.710. The Morgan fingerprint density at radius 2 is 1.57 bits per heavy atom. The Hall–Kier alpha value is -2.48. The van der Waals surface area contributed by atoms with E-state index in [9.17, 15) is 22.8 Å². The molecular formula is C20H19F3N2O2S. The molecule has 8 heteroatoms. The number of alkyl halides is 3. The molecule has 1 N–H and O–H groups in total. The lowest BCUT2D eigenvalue weighted by molar-refractivity contribution is -0.0328. The molecule has 0 atom stereocenters. The van der Waals surface area contributed by atoms with E-state index in [2.05, 4.69) is 5.32 Å². The van der Waals surface area contributed by atoms with Crippen molar-refractivity contribution in [3.05, 3.63) is 59.7 Å². The highest BCUT2D eigenvalue weighted by atomic mass is 32.2. The molecule has 0 radical (unpaired) electrons. The fourth-order valence-electron chi connectivity index (χ4n) is 3.05. The molecule has 0 aromatic heterocycles. The van der Waals surface area contributed by atoms with E-state index in [1.807, 2.05) is 0 Å². The Balaban J connectivity index is 1.73. The van der Waals surface area contributed by atoms with Crippen molar-refractivity contribution in [3.8, 4) is 0 Å². The van der Waals surface area contributed by atoms with Crippen LogP contribution in [-0.4, -0.2) is 35.3 Å². The zero-order chi connectivity index (χ0) is 20.1. The summed E-state index contributed by atoms with van der Waals surface area (Å²) in [5.41, 5.74) is -3.37. The van der Waals surface area contributed by atoms with E-state index in [-0.39, 0.29) is 28.1 Å². The predicted octanol–water partition coefficient (Wildman–Crippen LogP) is 5.18. The van der Waals surface area contributed by atoms with Gasteiger partial charge in [-0.25, -0.2) is 0 Å². The lowest BCUT2D eigenvalue weighted by atomic mass is 10.1. The van der Waals surface area contributed by atoms with Crippen LogP contribution in [0.15, 0.2) is 53.4 Å². The molecule has 0 aliphatic carbocycles. The number of nitrogens with zero attached hydrogens (tertiary/aromatic N) is 1. The normalized spacial score (nSPS) is 14.6. The van der Waals surface area contributed by atoms with Gasteiger partial charge in [0.1, 0.15) is 0 Å². The molecule has 3 rings (SSSR count). The van der Waals surface area contributed by atoms with Crippen molar-refractivity contribution in [2.45, 2.75) is 29.7 Å². The average molecular weight is 408 g/mol. The molecule has 2 aromatic rings.